The second kappa shape index (κ2) is 9.32. The first-order valence-corrected chi connectivity index (χ1v) is 8.14. The first-order valence-electron chi connectivity index (χ1n) is 6.75. The first-order chi connectivity index (χ1) is 7.84. The predicted octanol–water partition coefficient (Wildman–Crippen LogP) is 2.80. The Kier molecular flexibility index (Phi) is 8.34. The number of aliphatic hydroxyl groups excluding tert-OH is 1. The molecule has 0 radical (unpaired) electrons. The van der Waals surface area contributed by atoms with Crippen molar-refractivity contribution in [1.29, 1.82) is 0 Å². The molecule has 96 valence electrons. The van der Waals surface area contributed by atoms with Crippen LogP contribution in [0.1, 0.15) is 51.4 Å². The van der Waals surface area contributed by atoms with E-state index < -0.39 is 0 Å². The summed E-state index contributed by atoms with van der Waals surface area (Å²) in [6.07, 6.45) is 12.0. The third-order valence-electron chi connectivity index (χ3n) is 3.41. The van der Waals surface area contributed by atoms with Crippen LogP contribution in [-0.2, 0) is 0 Å². The van der Waals surface area contributed by atoms with E-state index in [0.29, 0.717) is 6.04 Å². The third kappa shape index (κ3) is 6.12. The van der Waals surface area contributed by atoms with Crippen LogP contribution in [0.5, 0.6) is 0 Å². The van der Waals surface area contributed by atoms with Crippen molar-refractivity contribution in [2.75, 3.05) is 18.6 Å². The minimum Gasteiger partial charge on any atom is -0.392 e. The van der Waals surface area contributed by atoms with Crippen molar-refractivity contribution in [1.82, 2.24) is 5.32 Å². The number of nitrogens with one attached hydrogen (secondary N) is 1. The van der Waals surface area contributed by atoms with Gasteiger partial charge in [0, 0.05) is 6.04 Å². The molecule has 0 saturated heterocycles. The summed E-state index contributed by atoms with van der Waals surface area (Å²) < 4.78 is 0. The van der Waals surface area contributed by atoms with E-state index in [4.69, 9.17) is 0 Å². The van der Waals surface area contributed by atoms with Gasteiger partial charge in [0.15, 0.2) is 0 Å². The molecular weight excluding hydrogens is 218 g/mol. The van der Waals surface area contributed by atoms with Gasteiger partial charge in [-0.15, -0.1) is 0 Å². The van der Waals surface area contributed by atoms with Crippen LogP contribution in [0.15, 0.2) is 0 Å². The number of aliphatic hydroxyl groups is 1. The molecule has 2 atom stereocenters. The van der Waals surface area contributed by atoms with E-state index in [2.05, 4.69) is 11.6 Å². The van der Waals surface area contributed by atoms with Crippen LogP contribution in [0.3, 0.4) is 0 Å². The van der Waals surface area contributed by atoms with Crippen molar-refractivity contribution in [2.45, 2.75) is 63.5 Å². The maximum Gasteiger partial charge on any atom is 0.0693 e. The van der Waals surface area contributed by atoms with Gasteiger partial charge in [0.1, 0.15) is 0 Å². The van der Waals surface area contributed by atoms with Crippen LogP contribution < -0.4 is 5.32 Å². The monoisotopic (exact) mass is 245 g/mol. The lowest BCUT2D eigenvalue weighted by atomic mass is 9.92. The summed E-state index contributed by atoms with van der Waals surface area (Å²) >= 11 is 1.94. The fraction of sp³-hybridized carbons (Fsp3) is 1.00. The normalized spacial score (nSPS) is 25.9. The topological polar surface area (TPSA) is 32.3 Å². The Morgan fingerprint density at radius 2 is 1.88 bits per heavy atom. The predicted molar refractivity (Wildman–Crippen MR) is 73.1 cm³/mol. The van der Waals surface area contributed by atoms with Gasteiger partial charge in [-0.2, -0.15) is 11.8 Å². The Morgan fingerprint density at radius 3 is 2.62 bits per heavy atom. The molecule has 2 nitrogen and oxygen atoms in total. The largest absolute Gasteiger partial charge is 0.392 e. The Balaban J connectivity index is 1.90. The minimum absolute atomic E-state index is 0.0924. The summed E-state index contributed by atoms with van der Waals surface area (Å²) in [6, 6.07) is 0.375. The van der Waals surface area contributed by atoms with Crippen LogP contribution in [-0.4, -0.2) is 35.8 Å². The molecule has 0 amide bonds. The lowest BCUT2D eigenvalue weighted by Gasteiger charge is -2.28. The van der Waals surface area contributed by atoms with Gasteiger partial charge in [-0.3, -0.25) is 0 Å². The number of thioether (sulfide) groups is 1. The number of rotatable bonds is 8. The van der Waals surface area contributed by atoms with Crippen LogP contribution in [0.2, 0.25) is 0 Å². The highest BCUT2D eigenvalue weighted by molar-refractivity contribution is 7.98. The van der Waals surface area contributed by atoms with Crippen molar-refractivity contribution in [3.8, 4) is 0 Å². The molecular formula is C13H27NOS. The summed E-state index contributed by atoms with van der Waals surface area (Å²) in [5.74, 6) is 1.30. The summed E-state index contributed by atoms with van der Waals surface area (Å²) in [4.78, 5) is 0. The SMILES string of the molecule is CSCCCCCCN[C@@H]1CCCC[C@H]1O. The van der Waals surface area contributed by atoms with E-state index in [9.17, 15) is 5.11 Å². The van der Waals surface area contributed by atoms with Gasteiger partial charge in [-0.05, 0) is 44.2 Å². The fourth-order valence-electron chi connectivity index (χ4n) is 2.36. The van der Waals surface area contributed by atoms with Crippen molar-refractivity contribution < 1.29 is 5.11 Å². The molecule has 0 aromatic carbocycles. The Morgan fingerprint density at radius 1 is 1.12 bits per heavy atom. The van der Waals surface area contributed by atoms with Crippen LogP contribution in [0.4, 0.5) is 0 Å². The van der Waals surface area contributed by atoms with Gasteiger partial charge < -0.3 is 10.4 Å². The summed E-state index contributed by atoms with van der Waals surface area (Å²) in [6.45, 7) is 1.08. The lowest BCUT2D eigenvalue weighted by Crippen LogP contribution is -2.42. The standard InChI is InChI=1S/C13H27NOS/c1-16-11-7-3-2-6-10-14-12-8-4-5-9-13(12)15/h12-15H,2-11H2,1H3/t12-,13-/m1/s1. The zero-order valence-electron chi connectivity index (χ0n) is 10.6. The summed E-state index contributed by atoms with van der Waals surface area (Å²) in [5.41, 5.74) is 0. The van der Waals surface area contributed by atoms with E-state index in [1.165, 1.54) is 44.3 Å². The quantitative estimate of drug-likeness (QED) is 0.645. The summed E-state index contributed by atoms with van der Waals surface area (Å²) in [5, 5.41) is 13.3. The Hall–Kier alpha value is 0.270. The number of hydrogen-bond acceptors (Lipinski definition) is 3. The maximum absolute atomic E-state index is 9.78. The van der Waals surface area contributed by atoms with E-state index in [1.54, 1.807) is 0 Å². The molecule has 1 rings (SSSR count). The van der Waals surface area contributed by atoms with Crippen LogP contribution in [0, 0.1) is 0 Å². The second-order valence-electron chi connectivity index (χ2n) is 4.82. The molecule has 0 aromatic heterocycles. The maximum atomic E-state index is 9.78. The van der Waals surface area contributed by atoms with Crippen molar-refractivity contribution in [3.63, 3.8) is 0 Å². The van der Waals surface area contributed by atoms with Gasteiger partial charge in [0.25, 0.3) is 0 Å². The van der Waals surface area contributed by atoms with E-state index in [0.717, 1.165) is 19.4 Å². The Labute approximate surface area is 105 Å². The lowest BCUT2D eigenvalue weighted by molar-refractivity contribution is 0.0909. The van der Waals surface area contributed by atoms with Crippen LogP contribution in [0.25, 0.3) is 0 Å². The number of hydrogen-bond donors (Lipinski definition) is 2. The van der Waals surface area contributed by atoms with Gasteiger partial charge in [-0.25, -0.2) is 0 Å². The molecule has 0 spiro atoms. The zero-order chi connectivity index (χ0) is 11.6. The van der Waals surface area contributed by atoms with Crippen molar-refractivity contribution in [2.24, 2.45) is 0 Å². The van der Waals surface area contributed by atoms with Gasteiger partial charge in [0.2, 0.25) is 0 Å². The van der Waals surface area contributed by atoms with E-state index >= 15 is 0 Å². The van der Waals surface area contributed by atoms with Gasteiger partial charge in [0.05, 0.1) is 6.10 Å². The molecule has 0 heterocycles. The highest BCUT2D eigenvalue weighted by Gasteiger charge is 2.21. The molecule has 0 aliphatic heterocycles. The van der Waals surface area contributed by atoms with Crippen LogP contribution >= 0.6 is 11.8 Å². The number of unbranched alkanes of at least 4 members (excludes halogenated alkanes) is 3. The van der Waals surface area contributed by atoms with Gasteiger partial charge in [-0.1, -0.05) is 25.7 Å². The molecule has 3 heteroatoms. The average Bonchev–Trinajstić information content (AvgIpc) is 2.30. The molecule has 0 unspecified atom stereocenters. The molecule has 1 saturated carbocycles. The first kappa shape index (κ1) is 14.3. The molecule has 1 aliphatic carbocycles. The van der Waals surface area contributed by atoms with E-state index in [1.807, 2.05) is 11.8 Å². The molecule has 1 aliphatic rings. The Bertz CT molecular complexity index is 166. The van der Waals surface area contributed by atoms with Crippen molar-refractivity contribution >= 4 is 11.8 Å². The zero-order valence-corrected chi connectivity index (χ0v) is 11.4. The molecule has 16 heavy (non-hydrogen) atoms. The molecule has 2 N–H and O–H groups in total. The minimum atomic E-state index is -0.0924. The third-order valence-corrected chi connectivity index (χ3v) is 4.11. The second-order valence-corrected chi connectivity index (χ2v) is 5.81. The highest BCUT2D eigenvalue weighted by atomic mass is 32.2. The molecule has 0 aromatic rings. The van der Waals surface area contributed by atoms with Crippen molar-refractivity contribution in [3.05, 3.63) is 0 Å². The molecule has 0 bridgehead atoms. The molecule has 1 fully saturated rings. The average molecular weight is 245 g/mol. The van der Waals surface area contributed by atoms with E-state index in [-0.39, 0.29) is 6.10 Å². The smallest absolute Gasteiger partial charge is 0.0693 e. The summed E-state index contributed by atoms with van der Waals surface area (Å²) in [7, 11) is 0. The highest BCUT2D eigenvalue weighted by Crippen LogP contribution is 2.18. The fourth-order valence-corrected chi connectivity index (χ4v) is 2.85. The van der Waals surface area contributed by atoms with Gasteiger partial charge >= 0.3 is 0 Å².